The quantitative estimate of drug-likeness (QED) is 0.139. The summed E-state index contributed by atoms with van der Waals surface area (Å²) in [6, 6.07) is 62.7. The first-order valence-electron chi connectivity index (χ1n) is 18.0. The van der Waals surface area contributed by atoms with E-state index in [1.165, 1.54) is 50.1 Å². The molecule has 2 aliphatic rings. The van der Waals surface area contributed by atoms with E-state index in [9.17, 15) is 0 Å². The van der Waals surface area contributed by atoms with Crippen molar-refractivity contribution in [1.29, 1.82) is 0 Å². The third kappa shape index (κ3) is 4.88. The number of hydrogen-bond donors (Lipinski definition) is 1. The standard InChI is InChI=1S/C49H39N3/c1-48(2)40-26-11-13-28-42(40)49(43-29-14-12-27-41(43)48)39-25-10-9-23-38(39)45-37(24-16-30-44(45)49)35-21-15-22-36(31-35)46(50)52-47(34-19-7-4-8-20-34)51-32-33-17-5-3-6-18-33/h3-32,47H,1-2H3,(H2,50,52)/b51-32+. The first kappa shape index (κ1) is 31.6. The molecule has 0 aromatic heterocycles. The maximum absolute atomic E-state index is 6.86. The van der Waals surface area contributed by atoms with Crippen LogP contribution in [0.4, 0.5) is 0 Å². The SMILES string of the molecule is CC1(C)c2ccccc2C2(c3ccccc3-c3c(-c4cccc(/C(N)=N/C(/N=C/c5ccccc5)c5ccccc5)c4)cccc32)c2ccccc21. The maximum Gasteiger partial charge on any atom is 0.167 e. The van der Waals surface area contributed by atoms with E-state index >= 15 is 0 Å². The predicted octanol–water partition coefficient (Wildman–Crippen LogP) is 10.9. The van der Waals surface area contributed by atoms with Crippen LogP contribution < -0.4 is 5.73 Å². The molecule has 0 saturated carbocycles. The molecule has 2 N–H and O–H groups in total. The third-order valence-corrected chi connectivity index (χ3v) is 11.1. The summed E-state index contributed by atoms with van der Waals surface area (Å²) in [7, 11) is 0. The minimum atomic E-state index is -0.478. The smallest absolute Gasteiger partial charge is 0.167 e. The minimum absolute atomic E-state index is 0.137. The lowest BCUT2D eigenvalue weighted by Gasteiger charge is -2.46. The van der Waals surface area contributed by atoms with Crippen molar-refractivity contribution >= 4 is 12.1 Å². The summed E-state index contributed by atoms with van der Waals surface area (Å²) in [5, 5.41) is 0. The second-order valence-electron chi connectivity index (χ2n) is 14.3. The van der Waals surface area contributed by atoms with Crippen LogP contribution in [0.15, 0.2) is 186 Å². The van der Waals surface area contributed by atoms with Crippen molar-refractivity contribution in [3.05, 3.63) is 226 Å². The van der Waals surface area contributed by atoms with Gasteiger partial charge in [-0.2, -0.15) is 0 Å². The van der Waals surface area contributed by atoms with E-state index in [1.807, 2.05) is 72.9 Å². The van der Waals surface area contributed by atoms with Crippen molar-refractivity contribution in [3.8, 4) is 22.3 Å². The summed E-state index contributed by atoms with van der Waals surface area (Å²) in [4.78, 5) is 9.89. The first-order valence-corrected chi connectivity index (χ1v) is 18.0. The Bertz CT molecular complexity index is 2460. The normalized spacial score (nSPS) is 15.5. The van der Waals surface area contributed by atoms with Crippen molar-refractivity contribution in [2.24, 2.45) is 15.7 Å². The summed E-state index contributed by atoms with van der Waals surface area (Å²) >= 11 is 0. The average Bonchev–Trinajstić information content (AvgIpc) is 3.50. The third-order valence-electron chi connectivity index (χ3n) is 11.1. The fourth-order valence-electron chi connectivity index (χ4n) is 8.72. The molecule has 0 aliphatic heterocycles. The molecule has 0 heterocycles. The van der Waals surface area contributed by atoms with Gasteiger partial charge in [-0.05, 0) is 72.8 Å². The van der Waals surface area contributed by atoms with Gasteiger partial charge in [-0.1, -0.05) is 184 Å². The fourth-order valence-corrected chi connectivity index (χ4v) is 8.72. The molecule has 52 heavy (non-hydrogen) atoms. The van der Waals surface area contributed by atoms with Gasteiger partial charge in [0.25, 0.3) is 0 Å². The minimum Gasteiger partial charge on any atom is -0.383 e. The zero-order valence-electron chi connectivity index (χ0n) is 29.4. The van der Waals surface area contributed by atoms with Crippen molar-refractivity contribution in [1.82, 2.24) is 0 Å². The van der Waals surface area contributed by atoms with Crippen molar-refractivity contribution in [3.63, 3.8) is 0 Å². The van der Waals surface area contributed by atoms with Crippen LogP contribution in [-0.4, -0.2) is 12.1 Å². The molecule has 0 bridgehead atoms. The molecule has 0 fully saturated rings. The van der Waals surface area contributed by atoms with Crippen molar-refractivity contribution in [2.45, 2.75) is 30.8 Å². The van der Waals surface area contributed by atoms with E-state index < -0.39 is 11.6 Å². The molecule has 9 rings (SSSR count). The van der Waals surface area contributed by atoms with Gasteiger partial charge in [0.1, 0.15) is 5.84 Å². The lowest BCUT2D eigenvalue weighted by atomic mass is 9.55. The Morgan fingerprint density at radius 3 is 1.77 bits per heavy atom. The van der Waals surface area contributed by atoms with Crippen LogP contribution in [0.2, 0.25) is 0 Å². The molecule has 1 spiro atoms. The number of benzene rings is 7. The molecular weight excluding hydrogens is 631 g/mol. The lowest BCUT2D eigenvalue weighted by Crippen LogP contribution is -2.40. The largest absolute Gasteiger partial charge is 0.383 e. The number of hydrogen-bond acceptors (Lipinski definition) is 2. The average molecular weight is 670 g/mol. The van der Waals surface area contributed by atoms with Gasteiger partial charge >= 0.3 is 0 Å². The van der Waals surface area contributed by atoms with Gasteiger partial charge in [0.15, 0.2) is 6.17 Å². The van der Waals surface area contributed by atoms with Crippen LogP contribution >= 0.6 is 0 Å². The Morgan fingerprint density at radius 1 is 0.538 bits per heavy atom. The molecule has 0 saturated heterocycles. The van der Waals surface area contributed by atoms with Crippen LogP contribution in [0.5, 0.6) is 0 Å². The summed E-state index contributed by atoms with van der Waals surface area (Å²) in [6.45, 7) is 4.73. The highest BCUT2D eigenvalue weighted by molar-refractivity contribution is 6.01. The van der Waals surface area contributed by atoms with Crippen LogP contribution in [-0.2, 0) is 10.8 Å². The van der Waals surface area contributed by atoms with Crippen LogP contribution in [0, 0.1) is 0 Å². The van der Waals surface area contributed by atoms with E-state index in [1.54, 1.807) is 0 Å². The van der Waals surface area contributed by atoms with Crippen LogP contribution in [0.3, 0.4) is 0 Å². The van der Waals surface area contributed by atoms with E-state index in [2.05, 4.69) is 123 Å². The summed E-state index contributed by atoms with van der Waals surface area (Å²) in [6.07, 6.45) is 1.39. The molecule has 250 valence electrons. The highest BCUT2D eigenvalue weighted by Gasteiger charge is 2.53. The lowest BCUT2D eigenvalue weighted by molar-refractivity contribution is 0.563. The Balaban J connectivity index is 1.20. The number of nitrogens with zero attached hydrogens (tertiary/aromatic N) is 2. The van der Waals surface area contributed by atoms with Gasteiger partial charge in [0, 0.05) is 17.2 Å². The van der Waals surface area contributed by atoms with Crippen molar-refractivity contribution in [2.75, 3.05) is 0 Å². The molecule has 0 radical (unpaired) electrons. The van der Waals surface area contributed by atoms with Gasteiger partial charge in [-0.3, -0.25) is 4.99 Å². The molecular formula is C49H39N3. The van der Waals surface area contributed by atoms with E-state index in [0.29, 0.717) is 5.84 Å². The van der Waals surface area contributed by atoms with Crippen LogP contribution in [0.1, 0.15) is 70.1 Å². The Morgan fingerprint density at radius 2 is 1.08 bits per heavy atom. The number of amidine groups is 1. The summed E-state index contributed by atoms with van der Waals surface area (Å²) < 4.78 is 0. The van der Waals surface area contributed by atoms with Crippen LogP contribution in [0.25, 0.3) is 22.3 Å². The first-order chi connectivity index (χ1) is 25.5. The Hall–Kier alpha value is -6.32. The molecule has 1 atom stereocenters. The Kier molecular flexibility index (Phi) is 7.59. The topological polar surface area (TPSA) is 50.7 Å². The van der Waals surface area contributed by atoms with Gasteiger partial charge in [0.05, 0.1) is 5.41 Å². The van der Waals surface area contributed by atoms with Crippen molar-refractivity contribution < 1.29 is 0 Å². The monoisotopic (exact) mass is 669 g/mol. The van der Waals surface area contributed by atoms with Gasteiger partial charge in [-0.15, -0.1) is 0 Å². The van der Waals surface area contributed by atoms with Gasteiger partial charge in [0.2, 0.25) is 0 Å². The van der Waals surface area contributed by atoms with Gasteiger partial charge < -0.3 is 5.73 Å². The predicted molar refractivity (Wildman–Crippen MR) is 215 cm³/mol. The number of nitrogens with two attached hydrogens (primary N) is 1. The zero-order valence-corrected chi connectivity index (χ0v) is 29.4. The second kappa shape index (κ2) is 12.5. The van der Waals surface area contributed by atoms with E-state index in [4.69, 9.17) is 15.7 Å². The molecule has 1 unspecified atom stereocenters. The second-order valence-corrected chi connectivity index (χ2v) is 14.3. The number of fused-ring (bicyclic) bond motifs is 9. The van der Waals surface area contributed by atoms with E-state index in [-0.39, 0.29) is 5.41 Å². The molecule has 7 aromatic rings. The number of rotatable bonds is 6. The molecule has 3 nitrogen and oxygen atoms in total. The molecule has 3 heteroatoms. The molecule has 7 aromatic carbocycles. The maximum atomic E-state index is 6.86. The highest BCUT2D eigenvalue weighted by atomic mass is 15.0. The van der Waals surface area contributed by atoms with E-state index in [0.717, 1.165) is 22.3 Å². The summed E-state index contributed by atoms with van der Waals surface area (Å²) in [5.41, 5.74) is 22.0. The number of aliphatic imine (C=N–C) groups is 2. The Labute approximate surface area is 305 Å². The zero-order chi connectivity index (χ0) is 35.3. The summed E-state index contributed by atoms with van der Waals surface area (Å²) in [5.74, 6) is 0.447. The molecule has 2 aliphatic carbocycles. The molecule has 0 amide bonds. The highest BCUT2D eigenvalue weighted by Crippen LogP contribution is 2.63. The van der Waals surface area contributed by atoms with Gasteiger partial charge in [-0.25, -0.2) is 4.99 Å². The fraction of sp³-hybridized carbons (Fsp3) is 0.102.